The third kappa shape index (κ3) is 3.27. The fourth-order valence-electron chi connectivity index (χ4n) is 2.42. The summed E-state index contributed by atoms with van der Waals surface area (Å²) in [5.74, 6) is -0.424. The molecule has 0 saturated carbocycles. The Kier molecular flexibility index (Phi) is 4.62. The van der Waals surface area contributed by atoms with E-state index in [4.69, 9.17) is 23.2 Å². The summed E-state index contributed by atoms with van der Waals surface area (Å²) in [5.41, 5.74) is 1.49. The van der Waals surface area contributed by atoms with Gasteiger partial charge in [-0.05, 0) is 31.0 Å². The molecule has 0 N–H and O–H groups in total. The van der Waals surface area contributed by atoms with Crippen LogP contribution in [-0.4, -0.2) is 37.8 Å². The first-order valence-corrected chi connectivity index (χ1v) is 8.92. The van der Waals surface area contributed by atoms with E-state index in [0.717, 1.165) is 5.56 Å². The summed E-state index contributed by atoms with van der Waals surface area (Å²) >= 11 is 11.6. The van der Waals surface area contributed by atoms with Gasteiger partial charge in [0, 0.05) is 10.7 Å². The molecule has 0 bridgehead atoms. The molecule has 1 amide bonds. The number of amides is 1. The maximum Gasteiger partial charge on any atom is 0.242 e. The molecule has 1 aliphatic rings. The van der Waals surface area contributed by atoms with E-state index in [0.29, 0.717) is 17.1 Å². The predicted molar refractivity (Wildman–Crippen MR) is 81.5 cm³/mol. The second-order valence-electron chi connectivity index (χ2n) is 4.89. The average molecular weight is 336 g/mol. The van der Waals surface area contributed by atoms with Crippen LogP contribution in [0.3, 0.4) is 0 Å². The highest BCUT2D eigenvalue weighted by molar-refractivity contribution is 7.91. The van der Waals surface area contributed by atoms with Crippen molar-refractivity contribution in [3.63, 3.8) is 0 Å². The molecule has 110 valence electrons. The van der Waals surface area contributed by atoms with Crippen LogP contribution in [0, 0.1) is 6.92 Å². The number of nitrogens with zero attached hydrogens (tertiary/aromatic N) is 1. The highest BCUT2D eigenvalue weighted by atomic mass is 35.5. The molecule has 1 aliphatic heterocycles. The Balaban J connectivity index is 2.43. The van der Waals surface area contributed by atoms with Gasteiger partial charge in [0.15, 0.2) is 9.84 Å². The van der Waals surface area contributed by atoms with E-state index in [2.05, 4.69) is 0 Å². The normalized spacial score (nSPS) is 20.9. The number of hydrogen-bond donors (Lipinski definition) is 0. The topological polar surface area (TPSA) is 54.5 Å². The van der Waals surface area contributed by atoms with Crippen LogP contribution in [0.25, 0.3) is 0 Å². The molecule has 4 nitrogen and oxygen atoms in total. The lowest BCUT2D eigenvalue weighted by atomic mass is 10.1. The van der Waals surface area contributed by atoms with E-state index in [1.54, 1.807) is 18.2 Å². The fourth-order valence-corrected chi connectivity index (χ4v) is 4.42. The Morgan fingerprint density at radius 3 is 2.70 bits per heavy atom. The summed E-state index contributed by atoms with van der Waals surface area (Å²) in [6, 6.07) is 4.83. The molecule has 1 atom stereocenters. The van der Waals surface area contributed by atoms with Crippen molar-refractivity contribution in [3.8, 4) is 0 Å². The predicted octanol–water partition coefficient (Wildman–Crippen LogP) is 2.41. The summed E-state index contributed by atoms with van der Waals surface area (Å²) in [7, 11) is -3.08. The zero-order valence-electron chi connectivity index (χ0n) is 11.0. The van der Waals surface area contributed by atoms with Gasteiger partial charge in [0.1, 0.15) is 5.88 Å². The number of carbonyl (C=O) groups excluding carboxylic acids is 1. The van der Waals surface area contributed by atoms with E-state index in [1.165, 1.54) is 4.90 Å². The number of hydrogen-bond acceptors (Lipinski definition) is 3. The van der Waals surface area contributed by atoms with Crippen LogP contribution in [0.15, 0.2) is 18.2 Å². The Hall–Kier alpha value is -0.780. The van der Waals surface area contributed by atoms with Crippen LogP contribution in [-0.2, 0) is 14.6 Å². The SMILES string of the molecule is Cc1ccc(Cl)cc1N(C(=O)CCl)[C@@H]1CCS(=O)(=O)C1. The third-order valence-corrected chi connectivity index (χ3v) is 5.60. The summed E-state index contributed by atoms with van der Waals surface area (Å²) in [6.07, 6.45) is 0.427. The second-order valence-corrected chi connectivity index (χ2v) is 7.82. The molecule has 7 heteroatoms. The summed E-state index contributed by atoms with van der Waals surface area (Å²) in [4.78, 5) is 13.6. The van der Waals surface area contributed by atoms with Crippen LogP contribution >= 0.6 is 23.2 Å². The summed E-state index contributed by atoms with van der Waals surface area (Å²) in [5, 5.41) is 0.499. The summed E-state index contributed by atoms with van der Waals surface area (Å²) in [6.45, 7) is 1.85. The van der Waals surface area contributed by atoms with Crippen molar-refractivity contribution in [1.82, 2.24) is 0 Å². The van der Waals surface area contributed by atoms with Gasteiger partial charge in [-0.3, -0.25) is 4.79 Å². The van der Waals surface area contributed by atoms with E-state index >= 15 is 0 Å². The van der Waals surface area contributed by atoms with Crippen molar-refractivity contribution in [1.29, 1.82) is 0 Å². The molecule has 1 heterocycles. The molecule has 1 saturated heterocycles. The van der Waals surface area contributed by atoms with Gasteiger partial charge in [-0.15, -0.1) is 11.6 Å². The van der Waals surface area contributed by atoms with Crippen LogP contribution in [0.2, 0.25) is 5.02 Å². The van der Waals surface area contributed by atoms with Crippen molar-refractivity contribution in [2.45, 2.75) is 19.4 Å². The van der Waals surface area contributed by atoms with Crippen LogP contribution in [0.1, 0.15) is 12.0 Å². The van der Waals surface area contributed by atoms with Gasteiger partial charge in [0.2, 0.25) is 5.91 Å². The van der Waals surface area contributed by atoms with Gasteiger partial charge in [-0.2, -0.15) is 0 Å². The number of alkyl halides is 1. The van der Waals surface area contributed by atoms with Gasteiger partial charge in [0.05, 0.1) is 17.5 Å². The van der Waals surface area contributed by atoms with Gasteiger partial charge >= 0.3 is 0 Å². The van der Waals surface area contributed by atoms with Gasteiger partial charge in [-0.1, -0.05) is 17.7 Å². The number of carbonyl (C=O) groups is 1. The van der Waals surface area contributed by atoms with E-state index in [-0.39, 0.29) is 29.3 Å². The Labute approximate surface area is 128 Å². The first-order chi connectivity index (χ1) is 9.34. The quantitative estimate of drug-likeness (QED) is 0.797. The molecule has 1 fully saturated rings. The minimum atomic E-state index is -3.08. The number of rotatable bonds is 3. The number of benzene rings is 1. The molecular formula is C13H15Cl2NO3S. The van der Waals surface area contributed by atoms with E-state index < -0.39 is 9.84 Å². The Morgan fingerprint density at radius 1 is 1.45 bits per heavy atom. The van der Waals surface area contributed by atoms with Gasteiger partial charge in [-0.25, -0.2) is 8.42 Å². The lowest BCUT2D eigenvalue weighted by Crippen LogP contribution is -2.42. The van der Waals surface area contributed by atoms with Crippen molar-refractivity contribution in [2.24, 2.45) is 0 Å². The zero-order valence-corrected chi connectivity index (χ0v) is 13.3. The van der Waals surface area contributed by atoms with E-state index in [9.17, 15) is 13.2 Å². The molecule has 0 unspecified atom stereocenters. The lowest BCUT2D eigenvalue weighted by Gasteiger charge is -2.29. The van der Waals surface area contributed by atoms with Crippen LogP contribution < -0.4 is 4.90 Å². The third-order valence-electron chi connectivity index (χ3n) is 3.39. The Bertz CT molecular complexity index is 631. The monoisotopic (exact) mass is 335 g/mol. The van der Waals surface area contributed by atoms with Gasteiger partial charge in [0.25, 0.3) is 0 Å². The molecule has 1 aromatic carbocycles. The maximum atomic E-state index is 12.1. The standard InChI is InChI=1S/C13H15Cl2NO3S/c1-9-2-3-10(15)6-12(9)16(13(17)7-14)11-4-5-20(18,19)8-11/h2-3,6,11H,4-5,7-8H2,1H3/t11-/m1/s1. The van der Waals surface area contributed by atoms with Crippen molar-refractivity contribution in [2.75, 3.05) is 22.3 Å². The number of anilines is 1. The molecule has 0 radical (unpaired) electrons. The van der Waals surface area contributed by atoms with E-state index in [1.807, 2.05) is 6.92 Å². The average Bonchev–Trinajstić information content (AvgIpc) is 2.74. The second kappa shape index (κ2) is 5.92. The molecular weight excluding hydrogens is 321 g/mol. The molecule has 20 heavy (non-hydrogen) atoms. The largest absolute Gasteiger partial charge is 0.307 e. The van der Waals surface area contributed by atoms with Crippen molar-refractivity contribution in [3.05, 3.63) is 28.8 Å². The smallest absolute Gasteiger partial charge is 0.242 e. The maximum absolute atomic E-state index is 12.1. The molecule has 1 aromatic rings. The minimum absolute atomic E-state index is 0.0262. The van der Waals surface area contributed by atoms with Crippen LogP contribution in [0.5, 0.6) is 0 Å². The first-order valence-electron chi connectivity index (χ1n) is 6.18. The summed E-state index contributed by atoms with van der Waals surface area (Å²) < 4.78 is 23.3. The molecule has 0 spiro atoms. The number of sulfone groups is 1. The highest BCUT2D eigenvalue weighted by Gasteiger charge is 2.35. The zero-order chi connectivity index (χ0) is 14.9. The fraction of sp³-hybridized carbons (Fsp3) is 0.462. The number of aryl methyl sites for hydroxylation is 1. The number of halogens is 2. The molecule has 2 rings (SSSR count). The van der Waals surface area contributed by atoms with Crippen molar-refractivity contribution < 1.29 is 13.2 Å². The molecule has 0 aromatic heterocycles. The van der Waals surface area contributed by atoms with Crippen LogP contribution in [0.4, 0.5) is 5.69 Å². The first kappa shape index (κ1) is 15.6. The lowest BCUT2D eigenvalue weighted by molar-refractivity contribution is -0.116. The van der Waals surface area contributed by atoms with Crippen molar-refractivity contribution >= 4 is 44.6 Å². The highest BCUT2D eigenvalue weighted by Crippen LogP contribution is 2.30. The Morgan fingerprint density at radius 2 is 2.15 bits per heavy atom. The molecule has 0 aliphatic carbocycles. The minimum Gasteiger partial charge on any atom is -0.307 e. The van der Waals surface area contributed by atoms with Gasteiger partial charge < -0.3 is 4.90 Å².